The van der Waals surface area contributed by atoms with Crippen molar-refractivity contribution in [2.75, 3.05) is 37.7 Å². The van der Waals surface area contributed by atoms with Crippen LogP contribution in [-0.2, 0) is 4.79 Å². The van der Waals surface area contributed by atoms with Crippen molar-refractivity contribution < 1.29 is 14.3 Å². The number of benzene rings is 3. The van der Waals surface area contributed by atoms with E-state index in [1.54, 1.807) is 11.0 Å². The number of ether oxygens (including phenoxy) is 2. The average Bonchev–Trinajstić information content (AvgIpc) is 3.45. The maximum Gasteiger partial charge on any atom is 0.234 e. The molecule has 2 aliphatic heterocycles. The van der Waals surface area contributed by atoms with Crippen molar-refractivity contribution in [3.05, 3.63) is 90.3 Å². The highest BCUT2D eigenvalue weighted by molar-refractivity contribution is 5.90. The third-order valence-corrected chi connectivity index (χ3v) is 7.43. The lowest BCUT2D eigenvalue weighted by Crippen LogP contribution is -2.50. The number of amides is 1. The summed E-state index contributed by atoms with van der Waals surface area (Å²) in [5.41, 5.74) is 3.89. The molecular weight excluding hydrogens is 506 g/mol. The summed E-state index contributed by atoms with van der Waals surface area (Å²) in [7, 11) is 0. The number of anilines is 1. The molecule has 0 saturated carbocycles. The first-order valence-corrected chi connectivity index (χ1v) is 13.4. The number of carbonyl (C=O) groups is 1. The first kappa shape index (κ1) is 24.1. The lowest BCUT2D eigenvalue weighted by atomic mass is 9.86. The summed E-state index contributed by atoms with van der Waals surface area (Å²) in [6.45, 7) is 4.95. The van der Waals surface area contributed by atoms with Crippen LogP contribution in [0.2, 0.25) is 0 Å². The molecule has 2 aliphatic rings. The van der Waals surface area contributed by atoms with Gasteiger partial charge in [0, 0.05) is 37.3 Å². The largest absolute Gasteiger partial charge is 0.494 e. The van der Waals surface area contributed by atoms with Gasteiger partial charge >= 0.3 is 0 Å². The molecule has 200 valence electrons. The highest BCUT2D eigenvalue weighted by Crippen LogP contribution is 2.44. The van der Waals surface area contributed by atoms with E-state index in [-0.39, 0.29) is 5.91 Å². The molecule has 0 N–H and O–H groups in total. The molecular formula is C30H27N7O3. The Labute approximate surface area is 230 Å². The van der Waals surface area contributed by atoms with E-state index in [1.165, 1.54) is 0 Å². The summed E-state index contributed by atoms with van der Waals surface area (Å²) in [5, 5.41) is 8.79. The quantitative estimate of drug-likeness (QED) is 0.332. The van der Waals surface area contributed by atoms with Crippen LogP contribution in [0.1, 0.15) is 24.0 Å². The maximum absolute atomic E-state index is 14.0. The number of aromatic nitrogens is 5. The summed E-state index contributed by atoms with van der Waals surface area (Å²) < 4.78 is 13.4. The molecule has 3 aromatic carbocycles. The number of piperazine rings is 1. The number of hydrogen-bond acceptors (Lipinski definition) is 8. The van der Waals surface area contributed by atoms with Gasteiger partial charge in [0.05, 0.1) is 18.2 Å². The molecule has 10 nitrogen and oxygen atoms in total. The number of nitrogens with zero attached hydrogens (tertiary/aromatic N) is 7. The van der Waals surface area contributed by atoms with E-state index in [0.717, 1.165) is 39.9 Å². The second kappa shape index (κ2) is 9.96. The molecule has 0 radical (unpaired) electrons. The average molecular weight is 534 g/mol. The van der Waals surface area contributed by atoms with Crippen LogP contribution in [0.4, 0.5) is 5.82 Å². The van der Waals surface area contributed by atoms with Gasteiger partial charge in [-0.3, -0.25) is 4.79 Å². The van der Waals surface area contributed by atoms with Crippen LogP contribution in [-0.4, -0.2) is 68.6 Å². The van der Waals surface area contributed by atoms with E-state index in [1.807, 2.05) is 84.6 Å². The van der Waals surface area contributed by atoms with Crippen molar-refractivity contribution in [2.45, 2.75) is 12.8 Å². The van der Waals surface area contributed by atoms with Gasteiger partial charge in [0.25, 0.3) is 0 Å². The zero-order valence-corrected chi connectivity index (χ0v) is 22.0. The number of carbonyl (C=O) groups excluding carboxylic acids is 1. The first-order chi connectivity index (χ1) is 19.7. The Morgan fingerprint density at radius 3 is 2.25 bits per heavy atom. The van der Waals surface area contributed by atoms with E-state index >= 15 is 0 Å². The molecule has 0 spiro atoms. The van der Waals surface area contributed by atoms with Gasteiger partial charge in [-0.1, -0.05) is 41.6 Å². The minimum Gasteiger partial charge on any atom is -0.494 e. The van der Waals surface area contributed by atoms with Crippen molar-refractivity contribution >= 4 is 22.9 Å². The first-order valence-electron chi connectivity index (χ1n) is 13.4. The van der Waals surface area contributed by atoms with Gasteiger partial charge in [0.2, 0.25) is 5.91 Å². The van der Waals surface area contributed by atoms with Crippen molar-refractivity contribution in [3.63, 3.8) is 0 Å². The topological polar surface area (TPSA) is 98.5 Å². The molecule has 10 heteroatoms. The highest BCUT2D eigenvalue weighted by atomic mass is 16.5. The Morgan fingerprint density at radius 2 is 1.57 bits per heavy atom. The number of para-hydroxylation sites is 2. The Bertz CT molecular complexity index is 1650. The zero-order chi connectivity index (χ0) is 27.1. The normalized spacial score (nSPS) is 14.9. The van der Waals surface area contributed by atoms with Gasteiger partial charge in [0.15, 0.2) is 17.0 Å². The van der Waals surface area contributed by atoms with Crippen molar-refractivity contribution in [1.29, 1.82) is 0 Å². The van der Waals surface area contributed by atoms with Gasteiger partial charge < -0.3 is 19.3 Å². The van der Waals surface area contributed by atoms with Gasteiger partial charge in [-0.15, -0.1) is 5.10 Å². The molecule has 1 amide bonds. The number of rotatable bonds is 5. The van der Waals surface area contributed by atoms with Gasteiger partial charge in [0.1, 0.15) is 23.6 Å². The van der Waals surface area contributed by atoms with Crippen molar-refractivity contribution in [1.82, 2.24) is 29.9 Å². The van der Waals surface area contributed by atoms with Crippen LogP contribution in [0.5, 0.6) is 17.2 Å². The summed E-state index contributed by atoms with van der Waals surface area (Å²) in [6.07, 6.45) is 1.54. The third kappa shape index (κ3) is 4.08. The van der Waals surface area contributed by atoms with Crippen LogP contribution < -0.4 is 14.4 Å². The van der Waals surface area contributed by atoms with Crippen LogP contribution in [0.3, 0.4) is 0 Å². The van der Waals surface area contributed by atoms with E-state index in [9.17, 15) is 4.79 Å². The number of fused-ring (bicyclic) bond motifs is 3. The summed E-state index contributed by atoms with van der Waals surface area (Å²) >= 11 is 0. The van der Waals surface area contributed by atoms with E-state index in [4.69, 9.17) is 9.47 Å². The highest BCUT2D eigenvalue weighted by Gasteiger charge is 2.36. The summed E-state index contributed by atoms with van der Waals surface area (Å²) in [4.78, 5) is 27.1. The smallest absolute Gasteiger partial charge is 0.234 e. The molecule has 1 saturated heterocycles. The molecule has 1 fully saturated rings. The fourth-order valence-corrected chi connectivity index (χ4v) is 5.49. The molecule has 40 heavy (non-hydrogen) atoms. The van der Waals surface area contributed by atoms with Crippen molar-refractivity contribution in [3.8, 4) is 22.9 Å². The minimum absolute atomic E-state index is 0.0807. The molecule has 2 aromatic heterocycles. The molecule has 0 unspecified atom stereocenters. The zero-order valence-electron chi connectivity index (χ0n) is 22.0. The van der Waals surface area contributed by atoms with E-state index in [2.05, 4.69) is 25.2 Å². The van der Waals surface area contributed by atoms with E-state index < -0.39 is 5.92 Å². The predicted molar refractivity (Wildman–Crippen MR) is 149 cm³/mol. The molecule has 0 atom stereocenters. The fourth-order valence-electron chi connectivity index (χ4n) is 5.49. The Hall–Kier alpha value is -4.99. The Balaban J connectivity index is 1.12. The fraction of sp³-hybridized carbons (Fsp3) is 0.233. The lowest BCUT2D eigenvalue weighted by molar-refractivity contribution is -0.132. The summed E-state index contributed by atoms with van der Waals surface area (Å²) in [5.74, 6) is 2.67. The lowest BCUT2D eigenvalue weighted by Gasteiger charge is -2.38. The second-order valence-electron chi connectivity index (χ2n) is 9.72. The third-order valence-electron chi connectivity index (χ3n) is 7.43. The molecule has 0 aliphatic carbocycles. The number of hydrogen-bond donors (Lipinski definition) is 0. The predicted octanol–water partition coefficient (Wildman–Crippen LogP) is 4.20. The molecule has 0 bridgehead atoms. The van der Waals surface area contributed by atoms with Crippen LogP contribution in [0.15, 0.2) is 79.1 Å². The minimum atomic E-state index is -0.396. The SMILES string of the molecule is CCOc1ccc(-n2nnc3c(N4CCN(C(=O)C5c6ccccc6Oc6ccccc65)CC4)ncnc32)cc1. The monoisotopic (exact) mass is 533 g/mol. The molecule has 5 aromatic rings. The molecule has 4 heterocycles. The van der Waals surface area contributed by atoms with Gasteiger partial charge in [-0.2, -0.15) is 4.68 Å². The van der Waals surface area contributed by atoms with Gasteiger partial charge in [-0.25, -0.2) is 9.97 Å². The molecule has 7 rings (SSSR count). The maximum atomic E-state index is 14.0. The summed E-state index contributed by atoms with van der Waals surface area (Å²) in [6, 6.07) is 23.2. The van der Waals surface area contributed by atoms with E-state index in [0.29, 0.717) is 43.9 Å². The standard InChI is InChI=1S/C30H27N7O3/c1-2-39-21-13-11-20(12-14-21)37-29-27(33-34-37)28(31-19-32-29)35-15-17-36(18-16-35)30(38)26-22-7-3-5-9-24(22)40-25-10-6-4-8-23(25)26/h3-14,19,26H,2,15-18H2,1H3. The van der Waals surface area contributed by atoms with Crippen molar-refractivity contribution in [2.24, 2.45) is 0 Å². The Kier molecular flexibility index (Phi) is 5.99. The van der Waals surface area contributed by atoms with Gasteiger partial charge in [-0.05, 0) is 43.3 Å². The second-order valence-corrected chi connectivity index (χ2v) is 9.72. The van der Waals surface area contributed by atoms with Crippen LogP contribution in [0, 0.1) is 0 Å². The Morgan fingerprint density at radius 1 is 0.900 bits per heavy atom. The van der Waals surface area contributed by atoms with Crippen LogP contribution in [0.25, 0.3) is 16.9 Å². The van der Waals surface area contributed by atoms with Crippen LogP contribution >= 0.6 is 0 Å².